The summed E-state index contributed by atoms with van der Waals surface area (Å²) in [5.41, 5.74) is 4.53. The summed E-state index contributed by atoms with van der Waals surface area (Å²) >= 11 is 0. The van der Waals surface area contributed by atoms with E-state index in [9.17, 15) is 9.59 Å². The third kappa shape index (κ3) is 2.10. The number of nitrogens with zero attached hydrogens (tertiary/aromatic N) is 1. The van der Waals surface area contributed by atoms with Gasteiger partial charge in [-0.2, -0.15) is 0 Å². The van der Waals surface area contributed by atoms with E-state index in [4.69, 9.17) is 5.11 Å². The standard InChI is InChI=1S/C14H17NO3/c1-8-4-9(2)14(10(3)5-8)11-6-12(16)15(11)7-13(17)18/h4-5,11H,6-7H2,1-3H3,(H,17,18). The van der Waals surface area contributed by atoms with Gasteiger partial charge in [0.2, 0.25) is 5.91 Å². The Morgan fingerprint density at radius 3 is 2.33 bits per heavy atom. The first-order valence-corrected chi connectivity index (χ1v) is 5.99. The molecule has 4 nitrogen and oxygen atoms in total. The Kier molecular flexibility index (Phi) is 3.11. The van der Waals surface area contributed by atoms with Crippen LogP contribution in [0.3, 0.4) is 0 Å². The van der Waals surface area contributed by atoms with E-state index < -0.39 is 5.97 Å². The zero-order valence-electron chi connectivity index (χ0n) is 10.9. The lowest BCUT2D eigenvalue weighted by molar-refractivity contribution is -0.155. The Labute approximate surface area is 106 Å². The molecule has 1 aromatic carbocycles. The number of aliphatic carboxylic acids is 1. The Morgan fingerprint density at radius 1 is 1.33 bits per heavy atom. The number of rotatable bonds is 3. The van der Waals surface area contributed by atoms with Crippen LogP contribution in [0.25, 0.3) is 0 Å². The minimum absolute atomic E-state index is 0.0748. The van der Waals surface area contributed by atoms with Gasteiger partial charge in [-0.25, -0.2) is 0 Å². The van der Waals surface area contributed by atoms with Crippen molar-refractivity contribution in [1.29, 1.82) is 0 Å². The normalized spacial score (nSPS) is 18.7. The van der Waals surface area contributed by atoms with Crippen LogP contribution in [0.5, 0.6) is 0 Å². The second kappa shape index (κ2) is 4.44. The van der Waals surface area contributed by atoms with Crippen LogP contribution in [0.2, 0.25) is 0 Å². The van der Waals surface area contributed by atoms with Crippen LogP contribution in [-0.4, -0.2) is 28.4 Å². The number of likely N-dealkylation sites (tertiary alicyclic amines) is 1. The summed E-state index contributed by atoms with van der Waals surface area (Å²) in [5.74, 6) is -1.04. The number of amides is 1. The monoisotopic (exact) mass is 247 g/mol. The molecule has 1 N–H and O–H groups in total. The first-order valence-electron chi connectivity index (χ1n) is 5.99. The lowest BCUT2D eigenvalue weighted by atomic mass is 9.86. The Morgan fingerprint density at radius 2 is 1.89 bits per heavy atom. The number of carbonyl (C=O) groups is 2. The van der Waals surface area contributed by atoms with E-state index in [0.717, 1.165) is 16.7 Å². The molecule has 1 saturated heterocycles. The maximum absolute atomic E-state index is 11.5. The summed E-state index contributed by atoms with van der Waals surface area (Å²) < 4.78 is 0. The average Bonchev–Trinajstić information content (AvgIpc) is 2.23. The van der Waals surface area contributed by atoms with Crippen LogP contribution in [-0.2, 0) is 9.59 Å². The van der Waals surface area contributed by atoms with Crippen molar-refractivity contribution in [2.75, 3.05) is 6.54 Å². The Bertz CT molecular complexity index is 499. The molecule has 1 aliphatic heterocycles. The van der Waals surface area contributed by atoms with Gasteiger partial charge in [0.05, 0.1) is 12.5 Å². The quantitative estimate of drug-likeness (QED) is 0.831. The highest BCUT2D eigenvalue weighted by molar-refractivity contribution is 5.87. The van der Waals surface area contributed by atoms with Gasteiger partial charge in [-0.1, -0.05) is 17.7 Å². The summed E-state index contributed by atoms with van der Waals surface area (Å²) in [5, 5.41) is 8.82. The fourth-order valence-electron chi connectivity index (χ4n) is 2.77. The molecular formula is C14H17NO3. The highest BCUT2D eigenvalue weighted by Gasteiger charge is 2.39. The van der Waals surface area contributed by atoms with Gasteiger partial charge >= 0.3 is 5.97 Å². The van der Waals surface area contributed by atoms with E-state index in [-0.39, 0.29) is 18.5 Å². The Balaban J connectivity index is 2.32. The first-order chi connectivity index (χ1) is 8.40. The predicted molar refractivity (Wildman–Crippen MR) is 67.4 cm³/mol. The number of carboxylic acid groups (broad SMARTS) is 1. The predicted octanol–water partition coefficient (Wildman–Crippen LogP) is 1.97. The van der Waals surface area contributed by atoms with Crippen LogP contribution in [0.15, 0.2) is 12.1 Å². The van der Waals surface area contributed by atoms with E-state index in [2.05, 4.69) is 12.1 Å². The molecule has 1 aliphatic rings. The molecule has 18 heavy (non-hydrogen) atoms. The molecule has 96 valence electrons. The largest absolute Gasteiger partial charge is 0.480 e. The molecule has 4 heteroatoms. The van der Waals surface area contributed by atoms with E-state index in [1.807, 2.05) is 20.8 Å². The average molecular weight is 247 g/mol. The van der Waals surface area contributed by atoms with Gasteiger partial charge < -0.3 is 10.0 Å². The number of aryl methyl sites for hydroxylation is 3. The highest BCUT2D eigenvalue weighted by atomic mass is 16.4. The van der Waals surface area contributed by atoms with E-state index in [1.165, 1.54) is 10.5 Å². The fraction of sp³-hybridized carbons (Fsp3) is 0.429. The smallest absolute Gasteiger partial charge is 0.323 e. The van der Waals surface area contributed by atoms with Crippen molar-refractivity contribution in [3.63, 3.8) is 0 Å². The van der Waals surface area contributed by atoms with Crippen molar-refractivity contribution in [3.8, 4) is 0 Å². The van der Waals surface area contributed by atoms with Crippen LogP contribution in [0, 0.1) is 20.8 Å². The van der Waals surface area contributed by atoms with Crippen LogP contribution in [0.4, 0.5) is 0 Å². The zero-order valence-corrected chi connectivity index (χ0v) is 10.9. The molecule has 0 bridgehead atoms. The molecular weight excluding hydrogens is 230 g/mol. The van der Waals surface area contributed by atoms with Crippen LogP contribution >= 0.6 is 0 Å². The molecule has 0 spiro atoms. The maximum atomic E-state index is 11.5. The van der Waals surface area contributed by atoms with Crippen molar-refractivity contribution >= 4 is 11.9 Å². The SMILES string of the molecule is Cc1cc(C)c(C2CC(=O)N2CC(=O)O)c(C)c1. The third-order valence-corrected chi connectivity index (χ3v) is 3.44. The number of hydrogen-bond acceptors (Lipinski definition) is 2. The lowest BCUT2D eigenvalue weighted by Crippen LogP contribution is -2.49. The molecule has 0 radical (unpaired) electrons. The van der Waals surface area contributed by atoms with Gasteiger partial charge in [-0.05, 0) is 37.5 Å². The molecule has 0 saturated carbocycles. The van der Waals surface area contributed by atoms with Gasteiger partial charge in [0.15, 0.2) is 0 Å². The second-order valence-electron chi connectivity index (χ2n) is 4.95. The fourth-order valence-corrected chi connectivity index (χ4v) is 2.77. The summed E-state index contributed by atoms with van der Waals surface area (Å²) in [7, 11) is 0. The number of hydrogen-bond donors (Lipinski definition) is 1. The number of β-lactam (4-membered cyclic amide) rings is 1. The third-order valence-electron chi connectivity index (χ3n) is 3.44. The van der Waals surface area contributed by atoms with Crippen molar-refractivity contribution in [1.82, 2.24) is 4.90 Å². The van der Waals surface area contributed by atoms with Crippen LogP contribution in [0.1, 0.15) is 34.7 Å². The molecule has 1 aromatic rings. The highest BCUT2D eigenvalue weighted by Crippen LogP contribution is 2.37. The summed E-state index contributed by atoms with van der Waals surface area (Å²) in [6.45, 7) is 5.84. The lowest BCUT2D eigenvalue weighted by Gasteiger charge is -2.41. The van der Waals surface area contributed by atoms with Crippen molar-refractivity contribution in [2.45, 2.75) is 33.2 Å². The molecule has 0 aliphatic carbocycles. The maximum Gasteiger partial charge on any atom is 0.323 e. The van der Waals surface area contributed by atoms with Crippen molar-refractivity contribution in [3.05, 3.63) is 34.4 Å². The summed E-state index contributed by atoms with van der Waals surface area (Å²) in [6.07, 6.45) is 0.415. The minimum atomic E-state index is -0.963. The number of carbonyl (C=O) groups excluding carboxylic acids is 1. The molecule has 1 heterocycles. The summed E-state index contributed by atoms with van der Waals surface area (Å²) in [6, 6.07) is 4.07. The van der Waals surface area contributed by atoms with Gasteiger partial charge in [0.25, 0.3) is 0 Å². The van der Waals surface area contributed by atoms with Gasteiger partial charge in [-0.3, -0.25) is 9.59 Å². The first kappa shape index (κ1) is 12.6. The molecule has 0 aromatic heterocycles. The summed E-state index contributed by atoms with van der Waals surface area (Å²) in [4.78, 5) is 23.7. The van der Waals surface area contributed by atoms with E-state index in [1.54, 1.807) is 0 Å². The topological polar surface area (TPSA) is 57.6 Å². The van der Waals surface area contributed by atoms with Crippen molar-refractivity contribution < 1.29 is 14.7 Å². The van der Waals surface area contributed by atoms with E-state index in [0.29, 0.717) is 6.42 Å². The number of carboxylic acids is 1. The molecule has 1 unspecified atom stereocenters. The second-order valence-corrected chi connectivity index (χ2v) is 4.95. The Hall–Kier alpha value is -1.84. The number of benzene rings is 1. The molecule has 1 atom stereocenters. The molecule has 1 amide bonds. The zero-order chi connectivity index (χ0) is 13.4. The van der Waals surface area contributed by atoms with Crippen LogP contribution < -0.4 is 0 Å². The molecule has 1 fully saturated rings. The van der Waals surface area contributed by atoms with Gasteiger partial charge in [0, 0.05) is 0 Å². The van der Waals surface area contributed by atoms with Gasteiger partial charge in [-0.15, -0.1) is 0 Å². The minimum Gasteiger partial charge on any atom is -0.480 e. The van der Waals surface area contributed by atoms with E-state index >= 15 is 0 Å². The molecule has 2 rings (SSSR count). The van der Waals surface area contributed by atoms with Gasteiger partial charge in [0.1, 0.15) is 6.54 Å². The van der Waals surface area contributed by atoms with Crippen molar-refractivity contribution in [2.24, 2.45) is 0 Å².